The monoisotopic (exact) mass is 432 g/mol. The van der Waals surface area contributed by atoms with E-state index in [9.17, 15) is 21.6 Å². The molecule has 0 bridgehead atoms. The third-order valence-electron chi connectivity index (χ3n) is 3.63. The van der Waals surface area contributed by atoms with Crippen LogP contribution in [0.4, 0.5) is 13.2 Å². The lowest BCUT2D eigenvalue weighted by Crippen LogP contribution is -2.33. The van der Waals surface area contributed by atoms with Crippen molar-refractivity contribution in [3.05, 3.63) is 51.7 Å². The smallest absolute Gasteiger partial charge is 0.345 e. The molecule has 2 aromatic rings. The summed E-state index contributed by atoms with van der Waals surface area (Å²) in [5, 5.41) is 8.84. The van der Waals surface area contributed by atoms with Crippen LogP contribution in [0.5, 0.6) is 11.5 Å². The van der Waals surface area contributed by atoms with Crippen molar-refractivity contribution in [2.24, 2.45) is 0 Å². The predicted molar refractivity (Wildman–Crippen MR) is 84.2 cm³/mol. The summed E-state index contributed by atoms with van der Waals surface area (Å²) in [6, 6.07) is 3.33. The summed E-state index contributed by atoms with van der Waals surface area (Å²) in [6.45, 7) is 0. The molecule has 3 rings (SSSR count). The molecule has 2 aromatic carbocycles. The van der Waals surface area contributed by atoms with Crippen molar-refractivity contribution >= 4 is 26.0 Å². The average Bonchev–Trinajstić information content (AvgIpc) is 2.67. The van der Waals surface area contributed by atoms with Crippen LogP contribution in [-0.2, 0) is 16.1 Å². The molecule has 0 saturated heterocycles. The Morgan fingerprint density at radius 3 is 2.60 bits per heavy atom. The number of hydrogen-bond donors (Lipinski definition) is 0. The van der Waals surface area contributed by atoms with Gasteiger partial charge in [-0.05, 0) is 40.2 Å². The zero-order valence-corrected chi connectivity index (χ0v) is 14.8. The van der Waals surface area contributed by atoms with Crippen LogP contribution in [0, 0.1) is 17.1 Å². The minimum atomic E-state index is -4.43. The molecule has 0 unspecified atom stereocenters. The number of halogens is 4. The first kappa shape index (κ1) is 17.7. The largest absolute Gasteiger partial charge is 0.456 e. The van der Waals surface area contributed by atoms with Gasteiger partial charge in [-0.1, -0.05) is 0 Å². The van der Waals surface area contributed by atoms with Crippen LogP contribution < -0.4 is 4.74 Å². The van der Waals surface area contributed by atoms with E-state index in [4.69, 9.17) is 10.00 Å². The van der Waals surface area contributed by atoms with Crippen molar-refractivity contribution in [1.82, 2.24) is 4.31 Å². The van der Waals surface area contributed by atoms with E-state index < -0.39 is 32.3 Å². The topological polar surface area (TPSA) is 70.4 Å². The standard InChI is InChI=1S/C15H8BrF3N2O3S/c1-21-15(18,19)11-2-3-12(13(16)14(11)25(21,22)23)24-10-5-8(7-20)4-9(17)6-10/h2-6H,1H3. The van der Waals surface area contributed by atoms with E-state index in [0.29, 0.717) is 0 Å². The number of sulfonamides is 1. The molecule has 130 valence electrons. The summed E-state index contributed by atoms with van der Waals surface area (Å²) < 4.78 is 71.3. The molecule has 1 aliphatic heterocycles. The highest BCUT2D eigenvalue weighted by molar-refractivity contribution is 9.10. The Balaban J connectivity index is 2.13. The highest BCUT2D eigenvalue weighted by Crippen LogP contribution is 2.50. The number of ether oxygens (including phenoxy) is 1. The van der Waals surface area contributed by atoms with E-state index in [1.807, 2.05) is 0 Å². The molecule has 5 nitrogen and oxygen atoms in total. The molecule has 0 atom stereocenters. The number of nitrogens with zero attached hydrogens (tertiary/aromatic N) is 2. The lowest BCUT2D eigenvalue weighted by atomic mass is 10.2. The molecule has 0 aromatic heterocycles. The average molecular weight is 433 g/mol. The Hall–Kier alpha value is -2.09. The second-order valence-corrected chi connectivity index (χ2v) is 7.86. The summed E-state index contributed by atoms with van der Waals surface area (Å²) >= 11 is 2.98. The zero-order valence-electron chi connectivity index (χ0n) is 12.4. The van der Waals surface area contributed by atoms with Gasteiger partial charge < -0.3 is 4.74 Å². The number of fused-ring (bicyclic) bond motifs is 1. The maximum atomic E-state index is 14.1. The number of alkyl halides is 2. The number of hydrogen-bond acceptors (Lipinski definition) is 4. The Kier molecular flexibility index (Phi) is 4.06. The lowest BCUT2D eigenvalue weighted by molar-refractivity contribution is -0.0920. The van der Waals surface area contributed by atoms with E-state index in [1.165, 1.54) is 6.07 Å². The van der Waals surface area contributed by atoms with Gasteiger partial charge in [0.25, 0.3) is 0 Å². The van der Waals surface area contributed by atoms with Gasteiger partial charge in [-0.25, -0.2) is 12.8 Å². The highest BCUT2D eigenvalue weighted by atomic mass is 79.9. The van der Waals surface area contributed by atoms with Gasteiger partial charge in [-0.3, -0.25) is 0 Å². The van der Waals surface area contributed by atoms with Crippen LogP contribution in [-0.4, -0.2) is 19.8 Å². The van der Waals surface area contributed by atoms with E-state index in [-0.39, 0.29) is 25.8 Å². The quantitative estimate of drug-likeness (QED) is 0.673. The minimum Gasteiger partial charge on any atom is -0.456 e. The van der Waals surface area contributed by atoms with E-state index in [2.05, 4.69) is 15.9 Å². The van der Waals surface area contributed by atoms with Gasteiger partial charge in [0.05, 0.1) is 21.7 Å². The van der Waals surface area contributed by atoms with Crippen molar-refractivity contribution in [1.29, 1.82) is 5.26 Å². The Morgan fingerprint density at radius 1 is 1.28 bits per heavy atom. The first-order valence-corrected chi connectivity index (χ1v) is 8.90. The molecule has 0 radical (unpaired) electrons. The number of rotatable bonds is 2. The van der Waals surface area contributed by atoms with Crippen molar-refractivity contribution < 1.29 is 26.3 Å². The van der Waals surface area contributed by atoms with Crippen LogP contribution >= 0.6 is 15.9 Å². The van der Waals surface area contributed by atoms with Gasteiger partial charge in [0.1, 0.15) is 22.2 Å². The molecular weight excluding hydrogens is 425 g/mol. The van der Waals surface area contributed by atoms with Gasteiger partial charge in [-0.2, -0.15) is 14.0 Å². The normalized spacial score (nSPS) is 17.8. The summed E-state index contributed by atoms with van der Waals surface area (Å²) in [7, 11) is -3.66. The van der Waals surface area contributed by atoms with Crippen LogP contribution in [0.2, 0.25) is 0 Å². The summed E-state index contributed by atoms with van der Waals surface area (Å²) in [6.07, 6.45) is 0. The van der Waals surface area contributed by atoms with Crippen LogP contribution in [0.3, 0.4) is 0 Å². The fourth-order valence-corrected chi connectivity index (χ4v) is 4.89. The zero-order chi connectivity index (χ0) is 18.6. The fourth-order valence-electron chi connectivity index (χ4n) is 2.38. The van der Waals surface area contributed by atoms with E-state index >= 15 is 0 Å². The van der Waals surface area contributed by atoms with E-state index in [1.54, 1.807) is 6.07 Å². The summed E-state index contributed by atoms with van der Waals surface area (Å²) in [5.41, 5.74) is -0.697. The summed E-state index contributed by atoms with van der Waals surface area (Å²) in [4.78, 5) is -0.616. The molecule has 1 aliphatic rings. The van der Waals surface area contributed by atoms with Gasteiger partial charge in [0.2, 0.25) is 10.0 Å². The third kappa shape index (κ3) is 2.68. The van der Waals surface area contributed by atoms with Crippen LogP contribution in [0.25, 0.3) is 0 Å². The predicted octanol–water partition coefficient (Wildman–Crippen LogP) is 3.94. The molecular formula is C15H8BrF3N2O3S. The van der Waals surface area contributed by atoms with Gasteiger partial charge in [0.15, 0.2) is 0 Å². The lowest BCUT2D eigenvalue weighted by Gasteiger charge is -2.16. The Morgan fingerprint density at radius 2 is 1.96 bits per heavy atom. The molecule has 1 heterocycles. The Bertz CT molecular complexity index is 1040. The maximum absolute atomic E-state index is 14.1. The molecule has 10 heteroatoms. The van der Waals surface area contributed by atoms with Crippen LogP contribution in [0.1, 0.15) is 11.1 Å². The van der Waals surface area contributed by atoms with Gasteiger partial charge in [0, 0.05) is 13.1 Å². The van der Waals surface area contributed by atoms with Gasteiger partial charge >= 0.3 is 6.05 Å². The molecule has 0 spiro atoms. The molecule has 0 aliphatic carbocycles. The molecule has 25 heavy (non-hydrogen) atoms. The first-order chi connectivity index (χ1) is 11.6. The number of nitriles is 1. The minimum absolute atomic E-state index is 0.00818. The van der Waals surface area contributed by atoms with Crippen molar-refractivity contribution in [2.75, 3.05) is 7.05 Å². The fraction of sp³-hybridized carbons (Fsp3) is 0.133. The third-order valence-corrected chi connectivity index (χ3v) is 6.57. The summed E-state index contributed by atoms with van der Waals surface area (Å²) in [5.74, 6) is -0.916. The first-order valence-electron chi connectivity index (χ1n) is 6.67. The van der Waals surface area contributed by atoms with Crippen LogP contribution in [0.15, 0.2) is 39.7 Å². The van der Waals surface area contributed by atoms with Crippen molar-refractivity contribution in [2.45, 2.75) is 10.9 Å². The Labute approximate surface area is 149 Å². The number of benzene rings is 2. The molecule has 0 amide bonds. The van der Waals surface area contributed by atoms with Gasteiger partial charge in [-0.15, -0.1) is 4.31 Å². The molecule has 0 fully saturated rings. The maximum Gasteiger partial charge on any atom is 0.345 e. The van der Waals surface area contributed by atoms with Crippen molar-refractivity contribution in [3.8, 4) is 17.6 Å². The highest BCUT2D eigenvalue weighted by Gasteiger charge is 2.55. The SMILES string of the molecule is CN1C(F)(F)c2ccc(Oc3cc(F)cc(C#N)c3)c(Br)c2S1(=O)=O. The molecule has 0 N–H and O–H groups in total. The van der Waals surface area contributed by atoms with Crippen molar-refractivity contribution in [3.63, 3.8) is 0 Å². The van der Waals surface area contributed by atoms with E-state index in [0.717, 1.165) is 31.3 Å². The second kappa shape index (κ2) is 5.72. The molecule has 0 saturated carbocycles. The second-order valence-electron chi connectivity index (χ2n) is 5.16.